The van der Waals surface area contributed by atoms with Crippen molar-refractivity contribution in [3.05, 3.63) is 0 Å². The molecule has 0 rings (SSSR count). The second-order valence-corrected chi connectivity index (χ2v) is 9.84. The van der Waals surface area contributed by atoms with Crippen molar-refractivity contribution in [1.82, 2.24) is 0 Å². The highest BCUT2D eigenvalue weighted by Gasteiger charge is 1.89. The zero-order chi connectivity index (χ0) is 29.8. The van der Waals surface area contributed by atoms with Gasteiger partial charge in [-0.15, -0.1) is 0 Å². The lowest BCUT2D eigenvalue weighted by Gasteiger charge is -2.05. The van der Waals surface area contributed by atoms with E-state index >= 15 is 0 Å². The van der Waals surface area contributed by atoms with E-state index in [-0.39, 0.29) is 0 Å². The van der Waals surface area contributed by atoms with Gasteiger partial charge in [-0.1, -0.05) is 34.4 Å². The second-order valence-electron chi connectivity index (χ2n) is 7.14. The van der Waals surface area contributed by atoms with E-state index in [1.165, 1.54) is 12.8 Å². The molecule has 0 aliphatic rings. The van der Waals surface area contributed by atoms with Gasteiger partial charge in [0.05, 0.1) is 39.6 Å². The number of nitrogens with two attached hydrogens (primary N) is 10. The Morgan fingerprint density at radius 2 is 0.605 bits per heavy atom. The molecule has 15 heteroatoms. The molecular weight excluding hydrogens is 528 g/mol. The van der Waals surface area contributed by atoms with Crippen LogP contribution in [-0.4, -0.2) is 117 Å². The van der Waals surface area contributed by atoms with Gasteiger partial charge in [0, 0.05) is 50.8 Å². The Hall–Kier alpha value is 0.180. The summed E-state index contributed by atoms with van der Waals surface area (Å²) in [5, 5.41) is 0. The molecule has 0 aromatic carbocycles. The van der Waals surface area contributed by atoms with Gasteiger partial charge in [-0.3, -0.25) is 0 Å². The number of hydrogen-bond acceptors (Lipinski definition) is 15. The average Bonchev–Trinajstić information content (AvgIpc) is 2.94. The first-order valence-corrected chi connectivity index (χ1v) is 16.0. The van der Waals surface area contributed by atoms with Crippen molar-refractivity contribution in [2.24, 2.45) is 57.3 Å². The van der Waals surface area contributed by atoms with Crippen LogP contribution in [0.2, 0.25) is 0 Å². The van der Waals surface area contributed by atoms with Crippen LogP contribution in [0.1, 0.15) is 32.1 Å². The SMILES string of the molecule is NCCCCCCN.NCCCN.NCCN.NCCOCCOCCOCCN.NCCSSCCN. The molecule has 0 unspecified atom stereocenters. The van der Waals surface area contributed by atoms with Crippen LogP contribution in [0.15, 0.2) is 0 Å². The van der Waals surface area contributed by atoms with E-state index in [0.29, 0.717) is 65.8 Å². The Morgan fingerprint density at radius 3 is 0.816 bits per heavy atom. The molecule has 0 aliphatic heterocycles. The van der Waals surface area contributed by atoms with Crippen molar-refractivity contribution < 1.29 is 14.2 Å². The van der Waals surface area contributed by atoms with E-state index in [4.69, 9.17) is 71.5 Å². The summed E-state index contributed by atoms with van der Waals surface area (Å²) in [7, 11) is 3.58. The fourth-order valence-corrected chi connectivity index (χ4v) is 3.40. The van der Waals surface area contributed by atoms with Crippen molar-refractivity contribution >= 4 is 21.6 Å². The van der Waals surface area contributed by atoms with Gasteiger partial charge in [0.15, 0.2) is 0 Å². The van der Waals surface area contributed by atoms with Crippen LogP contribution in [-0.2, 0) is 14.2 Å². The van der Waals surface area contributed by atoms with E-state index in [1.807, 2.05) is 0 Å². The quantitative estimate of drug-likeness (QED) is 0.0447. The molecule has 238 valence electrons. The lowest BCUT2D eigenvalue weighted by Crippen LogP contribution is -2.15. The minimum Gasteiger partial charge on any atom is -0.378 e. The highest BCUT2D eigenvalue weighted by Crippen LogP contribution is 2.18. The summed E-state index contributed by atoms with van der Waals surface area (Å²) >= 11 is 0. The van der Waals surface area contributed by atoms with Crippen LogP contribution in [0.25, 0.3) is 0 Å². The monoisotopic (exact) mass is 594 g/mol. The first-order chi connectivity index (χ1) is 18.6. The van der Waals surface area contributed by atoms with Crippen molar-refractivity contribution in [2.75, 3.05) is 117 Å². The summed E-state index contributed by atoms with van der Waals surface area (Å²) in [6.45, 7) is 10.5. The first kappa shape index (κ1) is 47.9. The van der Waals surface area contributed by atoms with Gasteiger partial charge in [-0.25, -0.2) is 0 Å². The number of unbranched alkanes of at least 4 members (excludes halogenated alkanes) is 3. The summed E-state index contributed by atoms with van der Waals surface area (Å²) in [6, 6.07) is 0. The van der Waals surface area contributed by atoms with Crippen molar-refractivity contribution in [2.45, 2.75) is 32.1 Å². The molecule has 0 fully saturated rings. The zero-order valence-electron chi connectivity index (χ0n) is 24.1. The molecule has 0 spiro atoms. The summed E-state index contributed by atoms with van der Waals surface area (Å²) in [5.74, 6) is 2.06. The minimum atomic E-state index is 0.555. The lowest BCUT2D eigenvalue weighted by atomic mass is 10.2. The standard InChI is InChI=1S/C8H20N2O3.C6H16N2.C4H12N2S2.C3H10N2.C2H8N2/c9-1-3-11-5-7-13-8-6-12-4-2-10;7-5-3-1-2-4-6-8;5-1-3-7-8-4-2-6;4-2-1-3-5;3-1-2-4/h1-10H2;1-8H2;1-6H2;1-5H2;1-4H2. The van der Waals surface area contributed by atoms with Crippen LogP contribution in [0, 0.1) is 0 Å². The minimum absolute atomic E-state index is 0.555. The molecule has 0 heterocycles. The first-order valence-electron chi connectivity index (χ1n) is 13.6. The van der Waals surface area contributed by atoms with Crippen LogP contribution in [0.4, 0.5) is 0 Å². The molecular formula is C23H66N10O3S2. The highest BCUT2D eigenvalue weighted by molar-refractivity contribution is 8.76. The molecule has 38 heavy (non-hydrogen) atoms. The van der Waals surface area contributed by atoms with Crippen LogP contribution in [0.3, 0.4) is 0 Å². The summed E-state index contributed by atoms with van der Waals surface area (Å²) in [6.07, 6.45) is 5.74. The van der Waals surface area contributed by atoms with E-state index in [9.17, 15) is 0 Å². The molecule has 0 bridgehead atoms. The molecule has 0 amide bonds. The maximum Gasteiger partial charge on any atom is 0.0701 e. The third-order valence-corrected chi connectivity index (χ3v) is 5.96. The number of ether oxygens (including phenoxy) is 3. The zero-order valence-corrected chi connectivity index (χ0v) is 25.7. The molecule has 0 saturated carbocycles. The molecule has 20 N–H and O–H groups in total. The molecule has 0 radical (unpaired) electrons. The average molecular weight is 595 g/mol. The van der Waals surface area contributed by atoms with Crippen molar-refractivity contribution in [1.29, 1.82) is 0 Å². The van der Waals surface area contributed by atoms with Gasteiger partial charge in [0.25, 0.3) is 0 Å². The molecule has 0 aromatic heterocycles. The molecule has 0 aromatic rings. The predicted molar refractivity (Wildman–Crippen MR) is 171 cm³/mol. The Morgan fingerprint density at radius 1 is 0.289 bits per heavy atom. The Kier molecular flexibility index (Phi) is 77.3. The topological polar surface area (TPSA) is 288 Å². The highest BCUT2D eigenvalue weighted by atomic mass is 33.1. The maximum atomic E-state index is 5.28. The van der Waals surface area contributed by atoms with Gasteiger partial charge in [0.2, 0.25) is 0 Å². The van der Waals surface area contributed by atoms with E-state index in [2.05, 4.69) is 0 Å². The number of hydrogen-bond donors (Lipinski definition) is 10. The van der Waals surface area contributed by atoms with Crippen molar-refractivity contribution in [3.63, 3.8) is 0 Å². The van der Waals surface area contributed by atoms with Gasteiger partial charge in [-0.2, -0.15) is 0 Å². The maximum absolute atomic E-state index is 5.28. The lowest BCUT2D eigenvalue weighted by molar-refractivity contribution is 0.0175. The molecule has 0 aliphatic carbocycles. The smallest absolute Gasteiger partial charge is 0.0701 e. The summed E-state index contributed by atoms with van der Waals surface area (Å²) < 4.78 is 15.4. The van der Waals surface area contributed by atoms with Crippen LogP contribution in [0.5, 0.6) is 0 Å². The second kappa shape index (κ2) is 61.3. The van der Waals surface area contributed by atoms with Gasteiger partial charge in [0.1, 0.15) is 0 Å². The van der Waals surface area contributed by atoms with Gasteiger partial charge < -0.3 is 71.5 Å². The van der Waals surface area contributed by atoms with Crippen LogP contribution >= 0.6 is 21.6 Å². The normalized spacial score (nSPS) is 9.63. The Labute approximate surface area is 241 Å². The third-order valence-electron chi connectivity index (χ3n) is 3.49. The fraction of sp³-hybridized carbons (Fsp3) is 1.00. The van der Waals surface area contributed by atoms with E-state index in [1.54, 1.807) is 21.6 Å². The van der Waals surface area contributed by atoms with Crippen LogP contribution < -0.4 is 57.3 Å². The van der Waals surface area contributed by atoms with Gasteiger partial charge in [-0.05, 0) is 45.4 Å². The molecule has 0 atom stereocenters. The summed E-state index contributed by atoms with van der Waals surface area (Å²) in [5.41, 5.74) is 51.4. The third kappa shape index (κ3) is 83.3. The van der Waals surface area contributed by atoms with E-state index < -0.39 is 0 Å². The summed E-state index contributed by atoms with van der Waals surface area (Å²) in [4.78, 5) is 0. The number of rotatable bonds is 23. The van der Waals surface area contributed by atoms with Gasteiger partial charge >= 0.3 is 0 Å². The fourth-order valence-electron chi connectivity index (χ4n) is 1.68. The Bertz CT molecular complexity index is 287. The molecule has 13 nitrogen and oxygen atoms in total. The van der Waals surface area contributed by atoms with Crippen molar-refractivity contribution in [3.8, 4) is 0 Å². The molecule has 0 saturated heterocycles. The Balaban J connectivity index is -0.000000127. The predicted octanol–water partition coefficient (Wildman–Crippen LogP) is -2.10. The van der Waals surface area contributed by atoms with E-state index in [0.717, 1.165) is 70.0 Å². The largest absolute Gasteiger partial charge is 0.378 e.